The Hall–Kier alpha value is -3.63. The lowest BCUT2D eigenvalue weighted by Crippen LogP contribution is -2.34. The number of nitrogens with zero attached hydrogens (tertiary/aromatic N) is 2. The number of hydrogen-bond donors (Lipinski definition) is 0. The van der Waals surface area contributed by atoms with Crippen LogP contribution in [0.25, 0.3) is 10.9 Å². The maximum absolute atomic E-state index is 13.5. The average Bonchev–Trinajstić information content (AvgIpc) is 3.07. The number of pyridine rings is 1. The lowest BCUT2D eigenvalue weighted by molar-refractivity contribution is -0.148. The Balaban J connectivity index is 2.12. The summed E-state index contributed by atoms with van der Waals surface area (Å²) in [7, 11) is 1.37. The number of halogens is 4. The Morgan fingerprint density at radius 3 is 2.39 bits per heavy atom. The van der Waals surface area contributed by atoms with Gasteiger partial charge in [0.2, 0.25) is 0 Å². The molecular weight excluding hydrogens is 448 g/mol. The molecule has 0 spiro atoms. The molecule has 33 heavy (non-hydrogen) atoms. The molecule has 0 radical (unpaired) electrons. The molecule has 0 amide bonds. The number of rotatable bonds is 9. The summed E-state index contributed by atoms with van der Waals surface area (Å²) in [5, 5.41) is -0.311. The van der Waals surface area contributed by atoms with Gasteiger partial charge in [0.25, 0.3) is 5.56 Å². The van der Waals surface area contributed by atoms with Gasteiger partial charge in [-0.05, 0) is 13.0 Å². The first-order valence-electron chi connectivity index (χ1n) is 9.84. The quantitative estimate of drug-likeness (QED) is 0.272. The third kappa shape index (κ3) is 4.76. The fraction of sp³-hybridized carbons (Fsp3) is 0.318. The van der Waals surface area contributed by atoms with E-state index in [2.05, 4.69) is 0 Å². The molecular formula is C22H20F4N2O5. The Morgan fingerprint density at radius 1 is 1.12 bits per heavy atom. The van der Waals surface area contributed by atoms with E-state index in [9.17, 15) is 31.9 Å². The highest BCUT2D eigenvalue weighted by Gasteiger charge is 2.42. The van der Waals surface area contributed by atoms with Gasteiger partial charge in [-0.25, -0.2) is 13.6 Å². The van der Waals surface area contributed by atoms with Crippen molar-refractivity contribution in [2.24, 2.45) is 7.05 Å². The molecule has 0 aliphatic heterocycles. The summed E-state index contributed by atoms with van der Waals surface area (Å²) in [6, 6.07) is 9.53. The second kappa shape index (κ2) is 9.47. The van der Waals surface area contributed by atoms with Gasteiger partial charge >= 0.3 is 18.3 Å². The van der Waals surface area contributed by atoms with E-state index in [1.165, 1.54) is 30.8 Å². The van der Waals surface area contributed by atoms with E-state index >= 15 is 0 Å². The fourth-order valence-corrected chi connectivity index (χ4v) is 3.24. The van der Waals surface area contributed by atoms with E-state index < -0.39 is 42.0 Å². The topological polar surface area (TPSA) is 79.5 Å². The van der Waals surface area contributed by atoms with E-state index in [1.807, 2.05) is 0 Å². The zero-order chi connectivity index (χ0) is 24.3. The predicted octanol–water partition coefficient (Wildman–Crippen LogP) is 3.68. The standard InChI is InChI=1S/C22H20F4N2O5/c1-3-32-20(31)17-18(33-12-22(25,26)21(23)24)16-14(27(17)2)9-10-28(19(16)30)11-15(29)13-7-5-4-6-8-13/h4-10,21H,3,11-12H2,1-2H3. The van der Waals surface area contributed by atoms with Crippen LogP contribution < -0.4 is 10.3 Å². The summed E-state index contributed by atoms with van der Waals surface area (Å²) in [6.45, 7) is -0.709. The molecule has 7 nitrogen and oxygen atoms in total. The van der Waals surface area contributed by atoms with Gasteiger partial charge in [0, 0.05) is 18.8 Å². The van der Waals surface area contributed by atoms with Gasteiger partial charge in [0.15, 0.2) is 23.8 Å². The molecule has 3 rings (SSSR count). The van der Waals surface area contributed by atoms with E-state index in [0.717, 1.165) is 4.57 Å². The number of carbonyl (C=O) groups is 2. The molecule has 176 valence electrons. The van der Waals surface area contributed by atoms with Crippen molar-refractivity contribution < 1.29 is 36.6 Å². The number of ether oxygens (including phenoxy) is 2. The zero-order valence-electron chi connectivity index (χ0n) is 17.7. The van der Waals surface area contributed by atoms with Gasteiger partial charge in [0.1, 0.15) is 5.39 Å². The molecule has 3 aromatic rings. The fourth-order valence-electron chi connectivity index (χ4n) is 3.24. The van der Waals surface area contributed by atoms with Crippen LogP contribution in [-0.4, -0.2) is 46.4 Å². The number of hydrogen-bond acceptors (Lipinski definition) is 5. The lowest BCUT2D eigenvalue weighted by Gasteiger charge is -2.16. The summed E-state index contributed by atoms with van der Waals surface area (Å²) in [5.74, 6) is -6.52. The predicted molar refractivity (Wildman–Crippen MR) is 110 cm³/mol. The van der Waals surface area contributed by atoms with Crippen LogP contribution in [0.3, 0.4) is 0 Å². The van der Waals surface area contributed by atoms with E-state index in [-0.39, 0.29) is 29.7 Å². The summed E-state index contributed by atoms with van der Waals surface area (Å²) >= 11 is 0. The minimum Gasteiger partial charge on any atom is -0.484 e. The highest BCUT2D eigenvalue weighted by molar-refractivity contribution is 6.01. The van der Waals surface area contributed by atoms with Crippen molar-refractivity contribution in [3.8, 4) is 5.75 Å². The molecule has 0 unspecified atom stereocenters. The van der Waals surface area contributed by atoms with Gasteiger partial charge in [-0.1, -0.05) is 30.3 Å². The number of esters is 1. The maximum atomic E-state index is 13.5. The van der Waals surface area contributed by atoms with E-state index in [0.29, 0.717) is 5.56 Å². The molecule has 2 heterocycles. The molecule has 1 aromatic carbocycles. The summed E-state index contributed by atoms with van der Waals surface area (Å²) in [4.78, 5) is 38.1. The summed E-state index contributed by atoms with van der Waals surface area (Å²) in [5.41, 5.74) is -0.751. The minimum absolute atomic E-state index is 0.0667. The number of carbonyl (C=O) groups excluding carboxylic acids is 2. The van der Waals surface area contributed by atoms with Crippen molar-refractivity contribution in [1.82, 2.24) is 9.13 Å². The molecule has 0 bridgehead atoms. The molecule has 0 N–H and O–H groups in total. The lowest BCUT2D eigenvalue weighted by atomic mass is 10.1. The number of Topliss-reactive ketones (excluding diaryl/α,β-unsaturated/α-hetero) is 1. The Labute approximate surface area is 185 Å². The SMILES string of the molecule is CCOC(=O)c1c(OCC(F)(F)C(F)F)c2c(=O)n(CC(=O)c3ccccc3)ccc2n1C. The van der Waals surface area contributed by atoms with Gasteiger partial charge in [-0.15, -0.1) is 0 Å². The molecule has 0 fully saturated rings. The van der Waals surface area contributed by atoms with Crippen LogP contribution >= 0.6 is 0 Å². The van der Waals surface area contributed by atoms with Crippen LogP contribution in [0.5, 0.6) is 5.75 Å². The monoisotopic (exact) mass is 468 g/mol. The smallest absolute Gasteiger partial charge is 0.358 e. The number of benzene rings is 1. The third-order valence-electron chi connectivity index (χ3n) is 4.89. The summed E-state index contributed by atoms with van der Waals surface area (Å²) in [6.07, 6.45) is -2.71. The van der Waals surface area contributed by atoms with Gasteiger partial charge < -0.3 is 18.6 Å². The Kier molecular flexibility index (Phi) is 6.89. The number of alkyl halides is 4. The minimum atomic E-state index is -4.52. The second-order valence-electron chi connectivity index (χ2n) is 7.11. The number of ketones is 1. The van der Waals surface area contributed by atoms with Gasteiger partial charge in [-0.3, -0.25) is 9.59 Å². The van der Waals surface area contributed by atoms with Crippen molar-refractivity contribution in [2.75, 3.05) is 13.2 Å². The molecule has 0 aliphatic carbocycles. The van der Waals surface area contributed by atoms with Crippen molar-refractivity contribution in [3.05, 3.63) is 64.2 Å². The maximum Gasteiger partial charge on any atom is 0.358 e. The first kappa shape index (κ1) is 24.0. The normalized spacial score (nSPS) is 11.7. The van der Waals surface area contributed by atoms with Crippen LogP contribution in [0.1, 0.15) is 27.8 Å². The van der Waals surface area contributed by atoms with E-state index in [1.54, 1.807) is 30.3 Å². The van der Waals surface area contributed by atoms with Crippen molar-refractivity contribution in [1.29, 1.82) is 0 Å². The van der Waals surface area contributed by atoms with Crippen LogP contribution in [-0.2, 0) is 18.3 Å². The second-order valence-corrected chi connectivity index (χ2v) is 7.11. The molecule has 11 heteroatoms. The van der Waals surface area contributed by atoms with Crippen LogP contribution in [0.15, 0.2) is 47.4 Å². The molecule has 0 saturated heterocycles. The Morgan fingerprint density at radius 2 is 1.79 bits per heavy atom. The van der Waals surface area contributed by atoms with Crippen molar-refractivity contribution in [2.45, 2.75) is 25.8 Å². The average molecular weight is 468 g/mol. The Bertz CT molecular complexity index is 1240. The molecule has 0 atom stereocenters. The van der Waals surface area contributed by atoms with Gasteiger partial charge in [0.05, 0.1) is 18.7 Å². The summed E-state index contributed by atoms with van der Waals surface area (Å²) < 4.78 is 64.4. The first-order chi connectivity index (χ1) is 15.6. The van der Waals surface area contributed by atoms with Gasteiger partial charge in [-0.2, -0.15) is 8.78 Å². The highest BCUT2D eigenvalue weighted by Crippen LogP contribution is 2.33. The zero-order valence-corrected chi connectivity index (χ0v) is 17.7. The van der Waals surface area contributed by atoms with Crippen LogP contribution in [0.4, 0.5) is 17.6 Å². The first-order valence-corrected chi connectivity index (χ1v) is 9.84. The van der Waals surface area contributed by atoms with Crippen LogP contribution in [0, 0.1) is 0 Å². The van der Waals surface area contributed by atoms with Crippen molar-refractivity contribution in [3.63, 3.8) is 0 Å². The van der Waals surface area contributed by atoms with Crippen molar-refractivity contribution >= 4 is 22.7 Å². The van der Waals surface area contributed by atoms with Crippen LogP contribution in [0.2, 0.25) is 0 Å². The molecule has 0 saturated carbocycles. The highest BCUT2D eigenvalue weighted by atomic mass is 19.3. The number of aryl methyl sites for hydroxylation is 1. The molecule has 2 aromatic heterocycles. The number of fused-ring (bicyclic) bond motifs is 1. The number of aromatic nitrogens is 2. The largest absolute Gasteiger partial charge is 0.484 e. The molecule has 0 aliphatic rings. The van der Waals surface area contributed by atoms with E-state index in [4.69, 9.17) is 9.47 Å². The third-order valence-corrected chi connectivity index (χ3v) is 4.89.